The number of hydrogen-bond acceptors (Lipinski definition) is 1. The molecule has 3 heteroatoms. The number of fused-ring (bicyclic) bond motifs is 1. The number of benzene rings is 1. The van der Waals surface area contributed by atoms with Gasteiger partial charge < -0.3 is 10.3 Å². The molecule has 2 nitrogen and oxygen atoms in total. The molecule has 2 aromatic rings. The summed E-state index contributed by atoms with van der Waals surface area (Å²) in [5.41, 5.74) is 1.80. The maximum absolute atomic E-state index is 13.5. The van der Waals surface area contributed by atoms with Gasteiger partial charge in [-0.25, -0.2) is 4.39 Å². The summed E-state index contributed by atoms with van der Waals surface area (Å²) in [7, 11) is 0. The molecule has 0 spiro atoms. The van der Waals surface area contributed by atoms with Crippen molar-refractivity contribution in [2.24, 2.45) is 0 Å². The SMILES string of the molecule is Fc1cccc2cc(C3CCCNC3)[nH]c12. The predicted molar refractivity (Wildman–Crippen MR) is 63.1 cm³/mol. The average Bonchev–Trinajstić information content (AvgIpc) is 2.76. The summed E-state index contributed by atoms with van der Waals surface area (Å²) in [6.07, 6.45) is 2.38. The van der Waals surface area contributed by atoms with Gasteiger partial charge in [-0.05, 0) is 31.5 Å². The highest BCUT2D eigenvalue weighted by Gasteiger charge is 2.17. The predicted octanol–water partition coefficient (Wildman–Crippen LogP) is 2.77. The molecule has 2 N–H and O–H groups in total. The van der Waals surface area contributed by atoms with Gasteiger partial charge in [0.1, 0.15) is 5.82 Å². The Labute approximate surface area is 93.9 Å². The summed E-state index contributed by atoms with van der Waals surface area (Å²) in [5, 5.41) is 4.35. The van der Waals surface area contributed by atoms with E-state index in [1.165, 1.54) is 18.9 Å². The third-order valence-corrected chi connectivity index (χ3v) is 3.36. The van der Waals surface area contributed by atoms with E-state index in [0.717, 1.165) is 24.2 Å². The van der Waals surface area contributed by atoms with Crippen molar-refractivity contribution in [2.45, 2.75) is 18.8 Å². The fraction of sp³-hybridized carbons (Fsp3) is 0.385. The zero-order valence-corrected chi connectivity index (χ0v) is 9.09. The van der Waals surface area contributed by atoms with E-state index in [0.29, 0.717) is 11.4 Å². The van der Waals surface area contributed by atoms with Crippen LogP contribution in [0.2, 0.25) is 0 Å². The Kier molecular flexibility index (Phi) is 2.40. The van der Waals surface area contributed by atoms with Gasteiger partial charge in [-0.1, -0.05) is 12.1 Å². The monoisotopic (exact) mass is 218 g/mol. The van der Waals surface area contributed by atoms with Gasteiger partial charge in [0.25, 0.3) is 0 Å². The molecule has 0 radical (unpaired) electrons. The molecule has 0 amide bonds. The first-order valence-electron chi connectivity index (χ1n) is 5.82. The number of H-pyrrole nitrogens is 1. The number of aromatic amines is 1. The van der Waals surface area contributed by atoms with Crippen LogP contribution >= 0.6 is 0 Å². The third-order valence-electron chi connectivity index (χ3n) is 3.36. The maximum Gasteiger partial charge on any atom is 0.147 e. The molecule has 1 atom stereocenters. The van der Waals surface area contributed by atoms with Gasteiger partial charge in [0, 0.05) is 23.5 Å². The van der Waals surface area contributed by atoms with Crippen LogP contribution in [0.1, 0.15) is 24.5 Å². The summed E-state index contributed by atoms with van der Waals surface area (Å²) >= 11 is 0. The Morgan fingerprint density at radius 1 is 1.31 bits per heavy atom. The van der Waals surface area contributed by atoms with Gasteiger partial charge in [0.05, 0.1) is 5.52 Å². The van der Waals surface area contributed by atoms with E-state index >= 15 is 0 Å². The lowest BCUT2D eigenvalue weighted by Crippen LogP contribution is -2.28. The van der Waals surface area contributed by atoms with E-state index in [4.69, 9.17) is 0 Å². The minimum Gasteiger partial charge on any atom is -0.356 e. The van der Waals surface area contributed by atoms with Crippen molar-refractivity contribution in [3.05, 3.63) is 35.8 Å². The Bertz CT molecular complexity index is 498. The van der Waals surface area contributed by atoms with E-state index in [2.05, 4.69) is 16.4 Å². The highest BCUT2D eigenvalue weighted by molar-refractivity contribution is 5.81. The molecule has 1 unspecified atom stereocenters. The normalized spacial score (nSPS) is 21.4. The van der Waals surface area contributed by atoms with Crippen LogP contribution in [0.25, 0.3) is 10.9 Å². The lowest BCUT2D eigenvalue weighted by Gasteiger charge is -2.21. The highest BCUT2D eigenvalue weighted by Crippen LogP contribution is 2.27. The van der Waals surface area contributed by atoms with E-state index in [1.54, 1.807) is 6.07 Å². The van der Waals surface area contributed by atoms with E-state index in [9.17, 15) is 4.39 Å². The second-order valence-electron chi connectivity index (χ2n) is 4.47. The largest absolute Gasteiger partial charge is 0.356 e. The summed E-state index contributed by atoms with van der Waals surface area (Å²) in [5.74, 6) is 0.341. The van der Waals surface area contributed by atoms with E-state index in [1.807, 2.05) is 6.07 Å². The standard InChI is InChI=1S/C13H15FN2/c14-11-5-1-3-9-7-12(16-13(9)11)10-4-2-6-15-8-10/h1,3,5,7,10,15-16H,2,4,6,8H2. The smallest absolute Gasteiger partial charge is 0.147 e. The van der Waals surface area contributed by atoms with Crippen LogP contribution < -0.4 is 5.32 Å². The molecule has 2 heterocycles. The maximum atomic E-state index is 13.5. The molecule has 1 saturated heterocycles. The van der Waals surface area contributed by atoms with Gasteiger partial charge >= 0.3 is 0 Å². The second kappa shape index (κ2) is 3.91. The number of para-hydroxylation sites is 1. The molecule has 1 aliphatic heterocycles. The first-order valence-corrected chi connectivity index (χ1v) is 5.82. The van der Waals surface area contributed by atoms with Crippen molar-refractivity contribution in [2.75, 3.05) is 13.1 Å². The summed E-state index contributed by atoms with van der Waals surface area (Å²) in [6.45, 7) is 2.10. The van der Waals surface area contributed by atoms with Crippen LogP contribution in [0.3, 0.4) is 0 Å². The molecular formula is C13H15FN2. The zero-order valence-electron chi connectivity index (χ0n) is 9.09. The lowest BCUT2D eigenvalue weighted by atomic mass is 9.96. The molecule has 0 aliphatic carbocycles. The van der Waals surface area contributed by atoms with Crippen LogP contribution in [-0.4, -0.2) is 18.1 Å². The van der Waals surface area contributed by atoms with Crippen LogP contribution in [0, 0.1) is 5.82 Å². The Hall–Kier alpha value is -1.35. The van der Waals surface area contributed by atoms with Crippen molar-refractivity contribution in [3.8, 4) is 0 Å². The number of nitrogens with one attached hydrogen (secondary N) is 2. The molecule has 3 rings (SSSR count). The van der Waals surface area contributed by atoms with Crippen molar-refractivity contribution in [1.29, 1.82) is 0 Å². The van der Waals surface area contributed by atoms with Crippen molar-refractivity contribution < 1.29 is 4.39 Å². The van der Waals surface area contributed by atoms with Crippen molar-refractivity contribution in [1.82, 2.24) is 10.3 Å². The first-order chi connectivity index (χ1) is 7.84. The Balaban J connectivity index is 2.01. The van der Waals surface area contributed by atoms with Gasteiger partial charge in [0.15, 0.2) is 0 Å². The number of rotatable bonds is 1. The molecule has 0 bridgehead atoms. The summed E-state index contributed by atoms with van der Waals surface area (Å²) in [6, 6.07) is 7.29. The fourth-order valence-electron chi connectivity index (χ4n) is 2.48. The first kappa shape index (κ1) is 9.85. The molecule has 84 valence electrons. The van der Waals surface area contributed by atoms with Gasteiger partial charge in [-0.2, -0.15) is 0 Å². The minimum absolute atomic E-state index is 0.160. The average molecular weight is 218 g/mol. The molecule has 1 aromatic heterocycles. The number of piperidine rings is 1. The lowest BCUT2D eigenvalue weighted by molar-refractivity contribution is 0.456. The highest BCUT2D eigenvalue weighted by atomic mass is 19.1. The quantitative estimate of drug-likeness (QED) is 0.756. The topological polar surface area (TPSA) is 27.8 Å². The molecule has 16 heavy (non-hydrogen) atoms. The second-order valence-corrected chi connectivity index (χ2v) is 4.47. The van der Waals surface area contributed by atoms with Gasteiger partial charge in [-0.3, -0.25) is 0 Å². The van der Waals surface area contributed by atoms with Crippen LogP contribution in [0.15, 0.2) is 24.3 Å². The van der Waals surface area contributed by atoms with Crippen LogP contribution in [0.4, 0.5) is 4.39 Å². The molecule has 1 fully saturated rings. The Morgan fingerprint density at radius 2 is 2.25 bits per heavy atom. The summed E-state index contributed by atoms with van der Waals surface area (Å²) in [4.78, 5) is 3.22. The molecule has 0 saturated carbocycles. The summed E-state index contributed by atoms with van der Waals surface area (Å²) < 4.78 is 13.5. The van der Waals surface area contributed by atoms with Crippen molar-refractivity contribution in [3.63, 3.8) is 0 Å². The fourth-order valence-corrected chi connectivity index (χ4v) is 2.48. The van der Waals surface area contributed by atoms with Crippen molar-refractivity contribution >= 4 is 10.9 Å². The van der Waals surface area contributed by atoms with Crippen LogP contribution in [-0.2, 0) is 0 Å². The number of aromatic nitrogens is 1. The number of hydrogen-bond donors (Lipinski definition) is 2. The molecule has 1 aliphatic rings. The van der Waals surface area contributed by atoms with Gasteiger partial charge in [0.2, 0.25) is 0 Å². The number of halogens is 1. The zero-order chi connectivity index (χ0) is 11.0. The van der Waals surface area contributed by atoms with Crippen LogP contribution in [0.5, 0.6) is 0 Å². The molecular weight excluding hydrogens is 203 g/mol. The Morgan fingerprint density at radius 3 is 3.00 bits per heavy atom. The van der Waals surface area contributed by atoms with Gasteiger partial charge in [-0.15, -0.1) is 0 Å². The van der Waals surface area contributed by atoms with E-state index < -0.39 is 0 Å². The van der Waals surface area contributed by atoms with E-state index in [-0.39, 0.29) is 5.82 Å². The molecule has 1 aromatic carbocycles. The third kappa shape index (κ3) is 1.61. The minimum atomic E-state index is -0.160.